The first-order valence-electron chi connectivity index (χ1n) is 4.67. The lowest BCUT2D eigenvalue weighted by molar-refractivity contribution is -0.160. The summed E-state index contributed by atoms with van der Waals surface area (Å²) in [6, 6.07) is 0. The maximum atomic E-state index is 13.6. The molecule has 0 aliphatic carbocycles. The van der Waals surface area contributed by atoms with E-state index in [4.69, 9.17) is 0 Å². The summed E-state index contributed by atoms with van der Waals surface area (Å²) in [5.74, 6) is -0.276. The van der Waals surface area contributed by atoms with E-state index in [2.05, 4.69) is 4.74 Å². The van der Waals surface area contributed by atoms with Gasteiger partial charge in [0.2, 0.25) is 6.17 Å². The molecule has 1 fully saturated rings. The summed E-state index contributed by atoms with van der Waals surface area (Å²) in [6.45, 7) is 3.47. The molecule has 0 bridgehead atoms. The van der Waals surface area contributed by atoms with Gasteiger partial charge in [-0.05, 0) is 19.1 Å². The number of ether oxygens (including phenoxy) is 1. The van der Waals surface area contributed by atoms with Crippen molar-refractivity contribution in [3.63, 3.8) is 0 Å². The van der Waals surface area contributed by atoms with E-state index in [1.54, 1.807) is 13.8 Å². The van der Waals surface area contributed by atoms with E-state index in [0.29, 0.717) is 12.2 Å². The first-order valence-corrected chi connectivity index (χ1v) is 5.72. The molecule has 82 valence electrons. The first kappa shape index (κ1) is 11.8. The third-order valence-corrected chi connectivity index (χ3v) is 3.85. The number of rotatable bonds is 3. The van der Waals surface area contributed by atoms with Crippen molar-refractivity contribution in [1.29, 1.82) is 0 Å². The highest BCUT2D eigenvalue weighted by molar-refractivity contribution is 8.00. The lowest BCUT2D eigenvalue weighted by Crippen LogP contribution is -2.49. The van der Waals surface area contributed by atoms with E-state index in [9.17, 15) is 14.3 Å². The van der Waals surface area contributed by atoms with Gasteiger partial charge in [-0.1, -0.05) is 6.92 Å². The third kappa shape index (κ3) is 2.03. The number of carbonyl (C=O) groups is 1. The first-order chi connectivity index (χ1) is 6.52. The number of halogens is 1. The monoisotopic (exact) mass is 222 g/mol. The van der Waals surface area contributed by atoms with Crippen molar-refractivity contribution < 1.29 is 19.0 Å². The van der Waals surface area contributed by atoms with Gasteiger partial charge in [-0.2, -0.15) is 11.8 Å². The van der Waals surface area contributed by atoms with Gasteiger partial charge in [0, 0.05) is 5.25 Å². The summed E-state index contributed by atoms with van der Waals surface area (Å²) in [5, 5.41) is 9.67. The molecule has 0 radical (unpaired) electrons. The Labute approximate surface area is 87.0 Å². The quantitative estimate of drug-likeness (QED) is 0.727. The molecule has 14 heavy (non-hydrogen) atoms. The molecule has 0 amide bonds. The summed E-state index contributed by atoms with van der Waals surface area (Å²) in [6.07, 6.45) is -1.62. The fourth-order valence-electron chi connectivity index (χ4n) is 1.50. The largest absolute Gasteiger partial charge is 0.464 e. The molecule has 1 aliphatic rings. The Morgan fingerprint density at radius 3 is 2.93 bits per heavy atom. The van der Waals surface area contributed by atoms with Crippen LogP contribution in [-0.4, -0.2) is 40.5 Å². The van der Waals surface area contributed by atoms with Crippen LogP contribution in [0.1, 0.15) is 20.3 Å². The van der Waals surface area contributed by atoms with Gasteiger partial charge in [0.05, 0.1) is 6.61 Å². The van der Waals surface area contributed by atoms with Crippen molar-refractivity contribution in [1.82, 2.24) is 0 Å². The van der Waals surface area contributed by atoms with Crippen LogP contribution in [0.4, 0.5) is 4.39 Å². The standard InChI is InChI=1S/C9H15FO3S/c1-3-13-8(11)7(10)9(12)4-5-14-6(9)2/h6-7,12H,3-5H2,1-2H3. The van der Waals surface area contributed by atoms with Gasteiger partial charge in [-0.15, -0.1) is 0 Å². The van der Waals surface area contributed by atoms with Gasteiger partial charge in [-0.25, -0.2) is 9.18 Å². The molecular weight excluding hydrogens is 207 g/mol. The summed E-state index contributed by atoms with van der Waals surface area (Å²) >= 11 is 1.47. The van der Waals surface area contributed by atoms with Crippen LogP contribution >= 0.6 is 11.8 Å². The highest BCUT2D eigenvalue weighted by Crippen LogP contribution is 2.39. The minimum Gasteiger partial charge on any atom is -0.464 e. The lowest BCUT2D eigenvalue weighted by Gasteiger charge is -2.28. The molecule has 0 spiro atoms. The minimum absolute atomic E-state index is 0.136. The van der Waals surface area contributed by atoms with Gasteiger partial charge in [0.25, 0.3) is 0 Å². The van der Waals surface area contributed by atoms with E-state index in [1.165, 1.54) is 11.8 Å². The van der Waals surface area contributed by atoms with E-state index < -0.39 is 17.7 Å². The van der Waals surface area contributed by atoms with Crippen LogP contribution in [0.15, 0.2) is 0 Å². The van der Waals surface area contributed by atoms with E-state index >= 15 is 0 Å². The van der Waals surface area contributed by atoms with Gasteiger partial charge < -0.3 is 9.84 Å². The second-order valence-electron chi connectivity index (χ2n) is 3.37. The van der Waals surface area contributed by atoms with Crippen LogP contribution < -0.4 is 0 Å². The van der Waals surface area contributed by atoms with Crippen molar-refractivity contribution in [2.45, 2.75) is 37.3 Å². The molecular formula is C9H15FO3S. The molecule has 0 saturated carbocycles. The SMILES string of the molecule is CCOC(=O)C(F)C1(O)CCSC1C. The number of hydrogen-bond acceptors (Lipinski definition) is 4. The van der Waals surface area contributed by atoms with Crippen LogP contribution in [0.5, 0.6) is 0 Å². The average molecular weight is 222 g/mol. The number of thioether (sulfide) groups is 1. The molecule has 5 heteroatoms. The van der Waals surface area contributed by atoms with Crippen molar-refractivity contribution in [2.24, 2.45) is 0 Å². The Bertz CT molecular complexity index is 224. The molecule has 3 nitrogen and oxygen atoms in total. The van der Waals surface area contributed by atoms with Crippen LogP contribution in [0.2, 0.25) is 0 Å². The molecule has 1 heterocycles. The van der Waals surface area contributed by atoms with Crippen molar-refractivity contribution in [3.05, 3.63) is 0 Å². The summed E-state index contributed by atoms with van der Waals surface area (Å²) < 4.78 is 18.1. The highest BCUT2D eigenvalue weighted by Gasteiger charge is 2.50. The molecule has 1 aliphatic heterocycles. The Balaban J connectivity index is 2.66. The molecule has 1 rings (SSSR count). The molecule has 0 aromatic heterocycles. The van der Waals surface area contributed by atoms with Crippen LogP contribution in [-0.2, 0) is 9.53 Å². The summed E-state index contributed by atoms with van der Waals surface area (Å²) in [4.78, 5) is 11.1. The lowest BCUT2D eigenvalue weighted by atomic mass is 9.91. The molecule has 3 unspecified atom stereocenters. The highest BCUT2D eigenvalue weighted by atomic mass is 32.2. The zero-order valence-electron chi connectivity index (χ0n) is 8.33. The minimum atomic E-state index is -1.92. The Morgan fingerprint density at radius 1 is 1.86 bits per heavy atom. The second kappa shape index (κ2) is 4.49. The van der Waals surface area contributed by atoms with E-state index in [0.717, 1.165) is 0 Å². The third-order valence-electron chi connectivity index (χ3n) is 2.51. The fraction of sp³-hybridized carbons (Fsp3) is 0.889. The predicted octanol–water partition coefficient (Wildman–Crippen LogP) is 1.14. The Morgan fingerprint density at radius 2 is 2.50 bits per heavy atom. The smallest absolute Gasteiger partial charge is 0.343 e. The van der Waals surface area contributed by atoms with Crippen molar-refractivity contribution in [2.75, 3.05) is 12.4 Å². The van der Waals surface area contributed by atoms with Crippen LogP contribution in [0, 0.1) is 0 Å². The summed E-state index contributed by atoms with van der Waals surface area (Å²) in [5.41, 5.74) is -1.54. The maximum absolute atomic E-state index is 13.6. The van der Waals surface area contributed by atoms with Crippen molar-refractivity contribution >= 4 is 17.7 Å². The molecule has 0 aromatic carbocycles. The number of aliphatic hydroxyl groups is 1. The predicted molar refractivity (Wildman–Crippen MR) is 53.0 cm³/mol. The second-order valence-corrected chi connectivity index (χ2v) is 4.82. The Hall–Kier alpha value is -0.290. The number of esters is 1. The van der Waals surface area contributed by atoms with Gasteiger partial charge in [0.15, 0.2) is 0 Å². The number of hydrogen-bond donors (Lipinski definition) is 1. The topological polar surface area (TPSA) is 46.5 Å². The zero-order valence-corrected chi connectivity index (χ0v) is 9.14. The van der Waals surface area contributed by atoms with E-state index in [-0.39, 0.29) is 11.9 Å². The van der Waals surface area contributed by atoms with Crippen LogP contribution in [0.25, 0.3) is 0 Å². The van der Waals surface area contributed by atoms with E-state index in [1.807, 2.05) is 0 Å². The fourth-order valence-corrected chi connectivity index (χ4v) is 2.82. The van der Waals surface area contributed by atoms with Crippen LogP contribution in [0.3, 0.4) is 0 Å². The Kier molecular flexibility index (Phi) is 3.78. The number of carbonyl (C=O) groups excluding carboxylic acids is 1. The maximum Gasteiger partial charge on any atom is 0.343 e. The normalized spacial score (nSPS) is 34.1. The summed E-state index contributed by atoms with van der Waals surface area (Å²) in [7, 11) is 0. The van der Waals surface area contributed by atoms with Gasteiger partial charge in [-0.3, -0.25) is 0 Å². The van der Waals surface area contributed by atoms with Crippen molar-refractivity contribution in [3.8, 4) is 0 Å². The zero-order chi connectivity index (χ0) is 10.8. The molecule has 1 saturated heterocycles. The average Bonchev–Trinajstić information content (AvgIpc) is 2.47. The van der Waals surface area contributed by atoms with Gasteiger partial charge in [0.1, 0.15) is 5.60 Å². The molecule has 3 atom stereocenters. The molecule has 0 aromatic rings. The number of alkyl halides is 1. The molecule has 1 N–H and O–H groups in total. The van der Waals surface area contributed by atoms with Gasteiger partial charge >= 0.3 is 5.97 Å².